The number of hydrogen-bond donors (Lipinski definition) is 1. The zero-order chi connectivity index (χ0) is 17.6. The fourth-order valence-corrected chi connectivity index (χ4v) is 3.50. The molecule has 6 nitrogen and oxygen atoms in total. The van der Waals surface area contributed by atoms with E-state index in [-0.39, 0.29) is 0 Å². The first-order valence-corrected chi connectivity index (χ1v) is 9.77. The van der Waals surface area contributed by atoms with E-state index in [1.165, 1.54) is 0 Å². The molecule has 1 aliphatic heterocycles. The molecular weight excluding hydrogens is 382 g/mol. The van der Waals surface area contributed by atoms with Gasteiger partial charge < -0.3 is 19.4 Å². The van der Waals surface area contributed by atoms with E-state index in [1.54, 1.807) is 0 Å². The number of guanidine groups is 1. The lowest BCUT2D eigenvalue weighted by molar-refractivity contribution is 0.0263. The second-order valence-corrected chi connectivity index (χ2v) is 7.07. The lowest BCUT2D eigenvalue weighted by Gasteiger charge is -2.34. The highest BCUT2D eigenvalue weighted by Gasteiger charge is 2.21. The zero-order valence-corrected chi connectivity index (χ0v) is 16.5. The molecule has 1 aliphatic rings. The van der Waals surface area contributed by atoms with Gasteiger partial charge in [0.2, 0.25) is 0 Å². The van der Waals surface area contributed by atoms with Gasteiger partial charge in [-0.15, -0.1) is 0 Å². The number of fused-ring (bicyclic) bond motifs is 1. The summed E-state index contributed by atoms with van der Waals surface area (Å²) in [5.41, 5.74) is 1.91. The number of nitrogens with one attached hydrogen (secondary N) is 1. The van der Waals surface area contributed by atoms with Crippen molar-refractivity contribution in [2.45, 2.75) is 39.3 Å². The molecule has 2 aromatic heterocycles. The van der Waals surface area contributed by atoms with E-state index in [0.717, 1.165) is 60.9 Å². The molecule has 0 bridgehead atoms. The first kappa shape index (κ1) is 18.2. The van der Waals surface area contributed by atoms with Crippen LogP contribution in [0.25, 0.3) is 5.65 Å². The number of halogens is 1. The fraction of sp³-hybridized carbons (Fsp3) is 0.556. The van der Waals surface area contributed by atoms with Crippen molar-refractivity contribution in [3.8, 4) is 0 Å². The molecule has 0 radical (unpaired) electrons. The summed E-state index contributed by atoms with van der Waals surface area (Å²) in [4.78, 5) is 11.8. The maximum atomic E-state index is 5.74. The van der Waals surface area contributed by atoms with Gasteiger partial charge in [-0.25, -0.2) is 9.98 Å². The highest BCUT2D eigenvalue weighted by atomic mass is 79.9. The summed E-state index contributed by atoms with van der Waals surface area (Å²) >= 11 is 3.49. The number of hydrogen-bond acceptors (Lipinski definition) is 3. The van der Waals surface area contributed by atoms with Crippen molar-refractivity contribution in [2.75, 3.05) is 26.2 Å². The molecular formula is C18H26BrN5O. The van der Waals surface area contributed by atoms with Crippen molar-refractivity contribution in [3.63, 3.8) is 0 Å². The van der Waals surface area contributed by atoms with Crippen LogP contribution in [0.4, 0.5) is 0 Å². The maximum Gasteiger partial charge on any atom is 0.194 e. The van der Waals surface area contributed by atoms with Crippen LogP contribution < -0.4 is 5.32 Å². The number of nitrogens with zero attached hydrogens (tertiary/aromatic N) is 4. The summed E-state index contributed by atoms with van der Waals surface area (Å²) in [7, 11) is 0. The fourth-order valence-electron chi connectivity index (χ4n) is 3.15. The SMILES string of the molecule is CCNC(=NCc1cn2cc(Br)ccc2n1)N1CCC(OCC)CC1. The molecule has 7 heteroatoms. The average Bonchev–Trinajstić information content (AvgIpc) is 3.01. The Kier molecular flexibility index (Phi) is 6.31. The van der Waals surface area contributed by atoms with E-state index in [9.17, 15) is 0 Å². The predicted molar refractivity (Wildman–Crippen MR) is 104 cm³/mol. The molecule has 0 unspecified atom stereocenters. The quantitative estimate of drug-likeness (QED) is 0.611. The molecule has 3 heterocycles. The smallest absolute Gasteiger partial charge is 0.194 e. The van der Waals surface area contributed by atoms with Gasteiger partial charge in [-0.05, 0) is 54.8 Å². The summed E-state index contributed by atoms with van der Waals surface area (Å²) in [6.07, 6.45) is 6.55. The predicted octanol–water partition coefficient (Wildman–Crippen LogP) is 3.06. The van der Waals surface area contributed by atoms with Crippen LogP contribution in [-0.2, 0) is 11.3 Å². The van der Waals surface area contributed by atoms with E-state index >= 15 is 0 Å². The highest BCUT2D eigenvalue weighted by molar-refractivity contribution is 9.10. The molecule has 3 rings (SSSR count). The largest absolute Gasteiger partial charge is 0.378 e. The molecule has 1 saturated heterocycles. The number of aliphatic imine (C=N–C) groups is 1. The topological polar surface area (TPSA) is 54.2 Å². The Morgan fingerprint density at radius 3 is 2.84 bits per heavy atom. The highest BCUT2D eigenvalue weighted by Crippen LogP contribution is 2.15. The summed E-state index contributed by atoms with van der Waals surface area (Å²) in [5, 5.41) is 3.41. The Morgan fingerprint density at radius 1 is 1.32 bits per heavy atom. The van der Waals surface area contributed by atoms with Crippen LogP contribution >= 0.6 is 15.9 Å². The molecule has 0 spiro atoms. The van der Waals surface area contributed by atoms with Crippen LogP contribution in [0.15, 0.2) is 34.0 Å². The first-order valence-electron chi connectivity index (χ1n) is 8.97. The molecule has 0 aromatic carbocycles. The summed E-state index contributed by atoms with van der Waals surface area (Å²) in [6, 6.07) is 4.00. The molecule has 136 valence electrons. The molecule has 0 aliphatic carbocycles. The maximum absolute atomic E-state index is 5.74. The third kappa shape index (κ3) is 4.73. The third-order valence-corrected chi connectivity index (χ3v) is 4.80. The zero-order valence-electron chi connectivity index (χ0n) is 14.9. The third-order valence-electron chi connectivity index (χ3n) is 4.33. The van der Waals surface area contributed by atoms with Crippen molar-refractivity contribution in [2.24, 2.45) is 4.99 Å². The average molecular weight is 408 g/mol. The van der Waals surface area contributed by atoms with Gasteiger partial charge in [0.1, 0.15) is 5.65 Å². The number of aromatic nitrogens is 2. The van der Waals surface area contributed by atoms with Crippen molar-refractivity contribution in [3.05, 3.63) is 34.7 Å². The van der Waals surface area contributed by atoms with Crippen LogP contribution in [0.2, 0.25) is 0 Å². The van der Waals surface area contributed by atoms with E-state index < -0.39 is 0 Å². The molecule has 0 saturated carbocycles. The van der Waals surface area contributed by atoms with Crippen LogP contribution in [0.1, 0.15) is 32.4 Å². The van der Waals surface area contributed by atoms with Gasteiger partial charge in [0, 0.05) is 43.1 Å². The van der Waals surface area contributed by atoms with Crippen LogP contribution in [-0.4, -0.2) is 52.6 Å². The van der Waals surface area contributed by atoms with Gasteiger partial charge in [-0.3, -0.25) is 0 Å². The van der Waals surface area contributed by atoms with Crippen LogP contribution in [0.5, 0.6) is 0 Å². The van der Waals surface area contributed by atoms with E-state index in [0.29, 0.717) is 12.6 Å². The Morgan fingerprint density at radius 2 is 2.12 bits per heavy atom. The number of pyridine rings is 1. The number of rotatable bonds is 5. The lowest BCUT2D eigenvalue weighted by atomic mass is 10.1. The monoisotopic (exact) mass is 407 g/mol. The number of imidazole rings is 1. The Balaban J connectivity index is 1.67. The van der Waals surface area contributed by atoms with Crippen molar-refractivity contribution in [1.29, 1.82) is 0 Å². The summed E-state index contributed by atoms with van der Waals surface area (Å²) in [6.45, 7) is 8.36. The standard InChI is InChI=1S/C18H26BrN5O/c1-3-20-18(23-9-7-16(8-10-23)25-4-2)21-11-15-13-24-12-14(19)5-6-17(24)22-15/h5-6,12-13,16H,3-4,7-11H2,1-2H3,(H,20,21). The van der Waals surface area contributed by atoms with E-state index in [4.69, 9.17) is 9.73 Å². The van der Waals surface area contributed by atoms with E-state index in [2.05, 4.69) is 45.0 Å². The Bertz CT molecular complexity index is 721. The Labute approximate surface area is 157 Å². The van der Waals surface area contributed by atoms with Gasteiger partial charge in [0.25, 0.3) is 0 Å². The van der Waals surface area contributed by atoms with Crippen molar-refractivity contribution < 1.29 is 4.74 Å². The van der Waals surface area contributed by atoms with Gasteiger partial charge in [0.05, 0.1) is 18.3 Å². The number of piperidine rings is 1. The normalized spacial score (nSPS) is 16.6. The van der Waals surface area contributed by atoms with E-state index in [1.807, 2.05) is 28.9 Å². The molecule has 0 amide bonds. The van der Waals surface area contributed by atoms with Crippen LogP contribution in [0.3, 0.4) is 0 Å². The molecule has 1 fully saturated rings. The first-order chi connectivity index (χ1) is 12.2. The minimum atomic E-state index is 0.390. The van der Waals surface area contributed by atoms with Crippen molar-refractivity contribution >= 4 is 27.5 Å². The number of ether oxygens (including phenoxy) is 1. The second-order valence-electron chi connectivity index (χ2n) is 6.16. The minimum absolute atomic E-state index is 0.390. The van der Waals surface area contributed by atoms with Gasteiger partial charge in [0.15, 0.2) is 5.96 Å². The van der Waals surface area contributed by atoms with Crippen LogP contribution in [0, 0.1) is 0 Å². The molecule has 25 heavy (non-hydrogen) atoms. The Hall–Kier alpha value is -1.60. The summed E-state index contributed by atoms with van der Waals surface area (Å²) in [5.74, 6) is 0.968. The van der Waals surface area contributed by atoms with Gasteiger partial charge in [-0.1, -0.05) is 0 Å². The minimum Gasteiger partial charge on any atom is -0.378 e. The van der Waals surface area contributed by atoms with Gasteiger partial charge >= 0.3 is 0 Å². The number of likely N-dealkylation sites (tertiary alicyclic amines) is 1. The van der Waals surface area contributed by atoms with Crippen molar-refractivity contribution in [1.82, 2.24) is 19.6 Å². The van der Waals surface area contributed by atoms with Gasteiger partial charge in [-0.2, -0.15) is 0 Å². The summed E-state index contributed by atoms with van der Waals surface area (Å²) < 4.78 is 8.80. The molecule has 2 aromatic rings. The molecule has 0 atom stereocenters. The second kappa shape index (κ2) is 8.67. The lowest BCUT2D eigenvalue weighted by Crippen LogP contribution is -2.47. The molecule has 1 N–H and O–H groups in total.